The molecule has 1 heterocycles. The zero-order valence-electron chi connectivity index (χ0n) is 12.4. The molecule has 0 aliphatic rings. The van der Waals surface area contributed by atoms with Crippen LogP contribution in [0, 0.1) is 6.92 Å². The van der Waals surface area contributed by atoms with Gasteiger partial charge in [0.1, 0.15) is 5.69 Å². The zero-order valence-corrected chi connectivity index (χ0v) is 13.3. The van der Waals surface area contributed by atoms with Gasteiger partial charge in [-0.3, -0.25) is 4.79 Å². The van der Waals surface area contributed by atoms with E-state index in [9.17, 15) is 4.79 Å². The van der Waals surface area contributed by atoms with Crippen molar-refractivity contribution in [2.75, 3.05) is 25.3 Å². The van der Waals surface area contributed by atoms with E-state index in [1.54, 1.807) is 13.1 Å². The second-order valence-corrected chi connectivity index (χ2v) is 5.39. The van der Waals surface area contributed by atoms with Crippen LogP contribution < -0.4 is 10.5 Å². The van der Waals surface area contributed by atoms with Crippen molar-refractivity contribution in [1.29, 1.82) is 0 Å². The lowest BCUT2D eigenvalue weighted by Gasteiger charge is -2.11. The lowest BCUT2D eigenvalue weighted by Crippen LogP contribution is -2.23. The van der Waals surface area contributed by atoms with Gasteiger partial charge in [-0.05, 0) is 30.9 Å². The Hall–Kier alpha value is -2.15. The second kappa shape index (κ2) is 6.53. The lowest BCUT2D eigenvalue weighted by molar-refractivity contribution is 0.635. The molecule has 0 aliphatic carbocycles. The molecular formula is C14H17N5OS. The molecule has 0 bridgehead atoms. The zero-order chi connectivity index (χ0) is 15.4. The summed E-state index contributed by atoms with van der Waals surface area (Å²) in [6.07, 6.45) is 3.47. The Kier molecular flexibility index (Phi) is 4.74. The van der Waals surface area contributed by atoms with Gasteiger partial charge >= 0.3 is 0 Å². The Labute approximate surface area is 127 Å². The molecule has 1 aromatic carbocycles. The topological polar surface area (TPSA) is 63.4 Å². The van der Waals surface area contributed by atoms with E-state index in [4.69, 9.17) is 0 Å². The van der Waals surface area contributed by atoms with Gasteiger partial charge in [-0.15, -0.1) is 10.2 Å². The SMILES string of the molecule is CSc1nnc(C)c(=O)n1/N=C\c1ccc(N(C)C)cc1. The van der Waals surface area contributed by atoms with Crippen LogP contribution in [-0.2, 0) is 0 Å². The maximum absolute atomic E-state index is 12.0. The highest BCUT2D eigenvalue weighted by molar-refractivity contribution is 7.98. The fraction of sp³-hybridized carbons (Fsp3) is 0.286. The molecule has 0 spiro atoms. The fourth-order valence-corrected chi connectivity index (χ4v) is 2.08. The quantitative estimate of drug-likeness (QED) is 0.634. The fourth-order valence-electron chi connectivity index (χ4n) is 1.66. The van der Waals surface area contributed by atoms with Gasteiger partial charge < -0.3 is 4.90 Å². The number of nitrogens with zero attached hydrogens (tertiary/aromatic N) is 5. The largest absolute Gasteiger partial charge is 0.378 e. The molecule has 0 N–H and O–H groups in total. The second-order valence-electron chi connectivity index (χ2n) is 4.62. The summed E-state index contributed by atoms with van der Waals surface area (Å²) in [6, 6.07) is 7.89. The van der Waals surface area contributed by atoms with Gasteiger partial charge in [0, 0.05) is 19.8 Å². The molecule has 6 nitrogen and oxygen atoms in total. The molecule has 0 saturated heterocycles. The summed E-state index contributed by atoms with van der Waals surface area (Å²) in [4.78, 5) is 14.1. The molecular weight excluding hydrogens is 286 g/mol. The van der Waals surface area contributed by atoms with Crippen molar-refractivity contribution < 1.29 is 0 Å². The summed E-state index contributed by atoms with van der Waals surface area (Å²) in [7, 11) is 3.97. The van der Waals surface area contributed by atoms with Gasteiger partial charge in [0.05, 0.1) is 6.21 Å². The van der Waals surface area contributed by atoms with E-state index in [2.05, 4.69) is 15.3 Å². The number of aryl methyl sites for hydroxylation is 1. The first kappa shape index (κ1) is 15.2. The third kappa shape index (κ3) is 3.49. The van der Waals surface area contributed by atoms with Crippen molar-refractivity contribution >= 4 is 23.7 Å². The van der Waals surface area contributed by atoms with Crippen LogP contribution in [0.4, 0.5) is 5.69 Å². The van der Waals surface area contributed by atoms with Crippen LogP contribution in [0.25, 0.3) is 0 Å². The number of rotatable bonds is 4. The highest BCUT2D eigenvalue weighted by Gasteiger charge is 2.07. The third-order valence-electron chi connectivity index (χ3n) is 2.88. The average Bonchev–Trinajstić information content (AvgIpc) is 2.49. The van der Waals surface area contributed by atoms with Crippen molar-refractivity contribution in [2.24, 2.45) is 5.10 Å². The number of benzene rings is 1. The van der Waals surface area contributed by atoms with Crippen molar-refractivity contribution in [3.8, 4) is 0 Å². The van der Waals surface area contributed by atoms with Gasteiger partial charge in [-0.25, -0.2) is 0 Å². The highest BCUT2D eigenvalue weighted by Crippen LogP contribution is 2.11. The number of hydrogen-bond donors (Lipinski definition) is 0. The Morgan fingerprint density at radius 3 is 2.48 bits per heavy atom. The molecule has 2 aromatic rings. The van der Waals surface area contributed by atoms with Crippen LogP contribution in [0.2, 0.25) is 0 Å². The summed E-state index contributed by atoms with van der Waals surface area (Å²) < 4.78 is 1.27. The number of aromatic nitrogens is 3. The first-order valence-corrected chi connectivity index (χ1v) is 7.57. The summed E-state index contributed by atoms with van der Waals surface area (Å²) in [5, 5.41) is 12.5. The van der Waals surface area contributed by atoms with E-state index < -0.39 is 0 Å². The molecule has 0 aliphatic heterocycles. The van der Waals surface area contributed by atoms with Gasteiger partial charge in [0.2, 0.25) is 5.16 Å². The maximum Gasteiger partial charge on any atom is 0.296 e. The Bertz CT molecular complexity index is 706. The number of anilines is 1. The van der Waals surface area contributed by atoms with Crippen LogP contribution >= 0.6 is 11.8 Å². The molecule has 7 heteroatoms. The highest BCUT2D eigenvalue weighted by atomic mass is 32.2. The van der Waals surface area contributed by atoms with Crippen molar-refractivity contribution in [3.05, 3.63) is 45.9 Å². The Morgan fingerprint density at radius 2 is 1.90 bits per heavy atom. The molecule has 0 unspecified atom stereocenters. The summed E-state index contributed by atoms with van der Waals surface area (Å²) in [5.41, 5.74) is 2.09. The summed E-state index contributed by atoms with van der Waals surface area (Å²) >= 11 is 1.33. The molecule has 2 rings (SSSR count). The van der Waals surface area contributed by atoms with Gasteiger partial charge in [0.25, 0.3) is 5.56 Å². The molecule has 1 aromatic heterocycles. The van der Waals surface area contributed by atoms with Crippen molar-refractivity contribution in [3.63, 3.8) is 0 Å². The average molecular weight is 303 g/mol. The van der Waals surface area contributed by atoms with E-state index in [0.717, 1.165) is 11.3 Å². The number of hydrogen-bond acceptors (Lipinski definition) is 6. The number of thioether (sulfide) groups is 1. The molecule has 21 heavy (non-hydrogen) atoms. The minimum absolute atomic E-state index is 0.254. The van der Waals surface area contributed by atoms with Crippen molar-refractivity contribution in [1.82, 2.24) is 14.9 Å². The summed E-state index contributed by atoms with van der Waals surface area (Å²) in [6.45, 7) is 1.62. The smallest absolute Gasteiger partial charge is 0.296 e. The summed E-state index contributed by atoms with van der Waals surface area (Å²) in [5.74, 6) is 0. The van der Waals surface area contributed by atoms with E-state index >= 15 is 0 Å². The van der Waals surface area contributed by atoms with E-state index in [1.165, 1.54) is 16.4 Å². The van der Waals surface area contributed by atoms with Gasteiger partial charge in [0.15, 0.2) is 0 Å². The first-order valence-electron chi connectivity index (χ1n) is 6.35. The lowest BCUT2D eigenvalue weighted by atomic mass is 10.2. The maximum atomic E-state index is 12.0. The van der Waals surface area contributed by atoms with Crippen LogP contribution in [0.1, 0.15) is 11.3 Å². The first-order chi connectivity index (χ1) is 10.0. The minimum atomic E-state index is -0.254. The van der Waals surface area contributed by atoms with Crippen LogP contribution in [0.5, 0.6) is 0 Å². The van der Waals surface area contributed by atoms with Crippen LogP contribution in [0.3, 0.4) is 0 Å². The predicted molar refractivity (Wildman–Crippen MR) is 86.6 cm³/mol. The third-order valence-corrected chi connectivity index (χ3v) is 3.50. The van der Waals surface area contributed by atoms with Gasteiger partial charge in [-0.2, -0.15) is 9.78 Å². The standard InChI is InChI=1S/C14H17N5OS/c1-10-13(20)19(14(21-4)17-16-10)15-9-11-5-7-12(8-6-11)18(2)3/h5-9H,1-4H3/b15-9-. The monoisotopic (exact) mass is 303 g/mol. The van der Waals surface area contributed by atoms with E-state index in [-0.39, 0.29) is 5.56 Å². The Balaban J connectivity index is 2.33. The normalized spacial score (nSPS) is 11.0. The van der Waals surface area contributed by atoms with E-state index in [0.29, 0.717) is 10.9 Å². The Morgan fingerprint density at radius 1 is 1.24 bits per heavy atom. The molecule has 0 amide bonds. The van der Waals surface area contributed by atoms with Gasteiger partial charge in [-0.1, -0.05) is 23.9 Å². The van der Waals surface area contributed by atoms with E-state index in [1.807, 2.05) is 49.5 Å². The predicted octanol–water partition coefficient (Wildman–Crippen LogP) is 1.62. The molecule has 0 radical (unpaired) electrons. The molecule has 0 atom stereocenters. The van der Waals surface area contributed by atoms with Crippen molar-refractivity contribution in [2.45, 2.75) is 12.1 Å². The van der Waals surface area contributed by atoms with Crippen LogP contribution in [0.15, 0.2) is 39.3 Å². The van der Waals surface area contributed by atoms with Crippen LogP contribution in [-0.4, -0.2) is 41.4 Å². The molecule has 0 fully saturated rings. The molecule has 0 saturated carbocycles. The minimum Gasteiger partial charge on any atom is -0.378 e. The molecule has 110 valence electrons.